The predicted octanol–water partition coefficient (Wildman–Crippen LogP) is 0.858. The molecule has 0 atom stereocenters. The van der Waals surface area contributed by atoms with Crippen molar-refractivity contribution in [2.45, 2.75) is 26.7 Å². The molecule has 0 radical (unpaired) electrons. The molecular weight excluding hydrogens is 148 g/mol. The van der Waals surface area contributed by atoms with Crippen molar-refractivity contribution in [2.75, 3.05) is 0 Å². The van der Waals surface area contributed by atoms with E-state index in [1.165, 1.54) is 5.22 Å². The Morgan fingerprint density at radius 1 is 1.17 bits per heavy atom. The van der Waals surface area contributed by atoms with E-state index < -0.39 is 0 Å². The monoisotopic (exact) mass is 162 g/mol. The Bertz CT molecular complexity index is 306. The van der Waals surface area contributed by atoms with Crippen LogP contribution in [0.15, 0.2) is 12.5 Å². The maximum Gasteiger partial charge on any atom is 0.116 e. The van der Waals surface area contributed by atoms with Gasteiger partial charge in [-0.15, -0.1) is 0 Å². The smallest absolute Gasteiger partial charge is 0.116 e. The molecule has 2 heteroatoms. The van der Waals surface area contributed by atoms with Crippen LogP contribution in [0.5, 0.6) is 0 Å². The zero-order valence-electron chi connectivity index (χ0n) is 7.62. The molecule has 12 heavy (non-hydrogen) atoms. The highest BCUT2D eigenvalue weighted by Crippen LogP contribution is 1.92. The predicted molar refractivity (Wildman–Crippen MR) is 50.8 cm³/mol. The van der Waals surface area contributed by atoms with Crippen LogP contribution in [0.4, 0.5) is 0 Å². The molecule has 0 fully saturated rings. The second-order valence-corrected chi connectivity index (χ2v) is 2.35. The number of aromatic nitrogens is 2. The second kappa shape index (κ2) is 4.65. The van der Waals surface area contributed by atoms with Crippen molar-refractivity contribution in [1.29, 1.82) is 0 Å². The minimum absolute atomic E-state index is 1.08. The van der Waals surface area contributed by atoms with Crippen molar-refractivity contribution in [1.82, 2.24) is 9.97 Å². The number of fused-ring (bicyclic) bond motifs is 1. The number of rotatable bonds is 0. The molecule has 0 aliphatic heterocycles. The molecule has 0 aromatic carbocycles. The van der Waals surface area contributed by atoms with Crippen LogP contribution in [-0.4, -0.2) is 9.97 Å². The van der Waals surface area contributed by atoms with Gasteiger partial charge >= 0.3 is 0 Å². The molecule has 1 aromatic rings. The third-order valence-electron chi connectivity index (χ3n) is 1.64. The van der Waals surface area contributed by atoms with E-state index in [1.54, 1.807) is 6.33 Å². The molecule has 64 valence electrons. The molecule has 0 amide bonds. The Labute approximate surface area is 72.7 Å². The lowest BCUT2D eigenvalue weighted by atomic mass is 10.2. The van der Waals surface area contributed by atoms with Gasteiger partial charge in [-0.05, 0) is 12.8 Å². The summed E-state index contributed by atoms with van der Waals surface area (Å²) < 4.78 is 0. The summed E-state index contributed by atoms with van der Waals surface area (Å²) in [5, 5.41) is 2.26. The lowest BCUT2D eigenvalue weighted by molar-refractivity contribution is 1.03. The number of hydrogen-bond donors (Lipinski definition) is 0. The fourth-order valence-electron chi connectivity index (χ4n) is 1.14. The van der Waals surface area contributed by atoms with Gasteiger partial charge in [0.25, 0.3) is 0 Å². The second-order valence-electron chi connectivity index (χ2n) is 2.35. The molecule has 2 rings (SSSR count). The average Bonchev–Trinajstić information content (AvgIpc) is 2.21. The number of nitrogens with zero attached hydrogens (tertiary/aromatic N) is 2. The van der Waals surface area contributed by atoms with Crippen LogP contribution >= 0.6 is 0 Å². The van der Waals surface area contributed by atoms with Crippen LogP contribution in [0.1, 0.15) is 26.7 Å². The van der Waals surface area contributed by atoms with Gasteiger partial charge in [-0.25, -0.2) is 9.97 Å². The summed E-state index contributed by atoms with van der Waals surface area (Å²) in [6.07, 6.45) is 10.0. The third-order valence-corrected chi connectivity index (χ3v) is 1.64. The van der Waals surface area contributed by atoms with E-state index in [9.17, 15) is 0 Å². The van der Waals surface area contributed by atoms with Gasteiger partial charge in [-0.1, -0.05) is 26.0 Å². The SMILES string of the molecule is C1=c2cncnc2=CCC1.CC. The van der Waals surface area contributed by atoms with Crippen molar-refractivity contribution >= 4 is 12.2 Å². The van der Waals surface area contributed by atoms with E-state index in [0.29, 0.717) is 0 Å². The molecule has 1 heterocycles. The normalized spacial score (nSPS) is 12.8. The fraction of sp³-hybridized carbons (Fsp3) is 0.400. The topological polar surface area (TPSA) is 25.8 Å². The summed E-state index contributed by atoms with van der Waals surface area (Å²) in [5.74, 6) is 0. The quantitative estimate of drug-likeness (QED) is 0.565. The van der Waals surface area contributed by atoms with E-state index >= 15 is 0 Å². The highest BCUT2D eigenvalue weighted by atomic mass is 14.8. The van der Waals surface area contributed by atoms with Crippen molar-refractivity contribution in [3.63, 3.8) is 0 Å². The zero-order valence-corrected chi connectivity index (χ0v) is 7.62. The first-order chi connectivity index (χ1) is 5.97. The van der Waals surface area contributed by atoms with Gasteiger partial charge in [0.1, 0.15) is 6.33 Å². The fourth-order valence-corrected chi connectivity index (χ4v) is 1.14. The minimum atomic E-state index is 1.08. The van der Waals surface area contributed by atoms with Crippen molar-refractivity contribution in [3.05, 3.63) is 23.1 Å². The summed E-state index contributed by atoms with van der Waals surface area (Å²) in [6.45, 7) is 4.00. The molecular formula is C10H14N2. The van der Waals surface area contributed by atoms with E-state index in [2.05, 4.69) is 22.1 Å². The molecule has 0 bridgehead atoms. The lowest BCUT2D eigenvalue weighted by Gasteiger charge is -1.95. The van der Waals surface area contributed by atoms with Gasteiger partial charge in [0.2, 0.25) is 0 Å². The average molecular weight is 162 g/mol. The third kappa shape index (κ3) is 1.91. The molecule has 0 saturated carbocycles. The van der Waals surface area contributed by atoms with Crippen LogP contribution in [0.3, 0.4) is 0 Å². The Kier molecular flexibility index (Phi) is 3.45. The van der Waals surface area contributed by atoms with E-state index in [0.717, 1.165) is 18.2 Å². The van der Waals surface area contributed by atoms with Crippen LogP contribution < -0.4 is 10.6 Å². The summed E-state index contributed by atoms with van der Waals surface area (Å²) in [7, 11) is 0. The highest BCUT2D eigenvalue weighted by molar-refractivity contribution is 5.33. The molecule has 1 aromatic heterocycles. The Balaban J connectivity index is 0.000000336. The molecule has 2 nitrogen and oxygen atoms in total. The first-order valence-corrected chi connectivity index (χ1v) is 4.43. The highest BCUT2D eigenvalue weighted by Gasteiger charge is 1.90. The zero-order chi connectivity index (χ0) is 8.81. The molecule has 0 spiro atoms. The summed E-state index contributed by atoms with van der Waals surface area (Å²) in [5.41, 5.74) is 0. The van der Waals surface area contributed by atoms with Gasteiger partial charge in [0, 0.05) is 11.4 Å². The summed E-state index contributed by atoms with van der Waals surface area (Å²) >= 11 is 0. The first kappa shape index (κ1) is 8.91. The maximum absolute atomic E-state index is 4.12. The van der Waals surface area contributed by atoms with Crippen LogP contribution in [-0.2, 0) is 0 Å². The Hall–Kier alpha value is -1.18. The van der Waals surface area contributed by atoms with Crippen molar-refractivity contribution in [2.24, 2.45) is 0 Å². The van der Waals surface area contributed by atoms with Gasteiger partial charge in [-0.2, -0.15) is 0 Å². The van der Waals surface area contributed by atoms with E-state index in [1.807, 2.05) is 20.0 Å². The lowest BCUT2D eigenvalue weighted by Crippen LogP contribution is -2.29. The van der Waals surface area contributed by atoms with Crippen LogP contribution in [0.2, 0.25) is 0 Å². The first-order valence-electron chi connectivity index (χ1n) is 4.43. The maximum atomic E-state index is 4.12. The molecule has 1 aliphatic carbocycles. The Morgan fingerprint density at radius 3 is 2.67 bits per heavy atom. The van der Waals surface area contributed by atoms with Gasteiger partial charge in [-0.3, -0.25) is 0 Å². The van der Waals surface area contributed by atoms with Gasteiger partial charge in [0.05, 0.1) is 5.35 Å². The summed E-state index contributed by atoms with van der Waals surface area (Å²) in [6, 6.07) is 0. The molecule has 1 aliphatic rings. The van der Waals surface area contributed by atoms with Crippen molar-refractivity contribution < 1.29 is 0 Å². The van der Waals surface area contributed by atoms with E-state index in [-0.39, 0.29) is 0 Å². The summed E-state index contributed by atoms with van der Waals surface area (Å²) in [4.78, 5) is 8.06. The Morgan fingerprint density at radius 2 is 1.92 bits per heavy atom. The largest absolute Gasteiger partial charge is 0.244 e. The molecule has 0 unspecified atom stereocenters. The van der Waals surface area contributed by atoms with E-state index in [4.69, 9.17) is 0 Å². The molecule has 0 saturated heterocycles. The van der Waals surface area contributed by atoms with Crippen LogP contribution in [0, 0.1) is 0 Å². The number of hydrogen-bond acceptors (Lipinski definition) is 2. The molecule has 0 N–H and O–H groups in total. The minimum Gasteiger partial charge on any atom is -0.244 e. The standard InChI is InChI=1S/C8H8N2.C2H6/c1-2-4-8-7(3-1)5-9-6-10-8;1-2/h3-6H,1-2H2;1-2H3. The van der Waals surface area contributed by atoms with Crippen LogP contribution in [0.25, 0.3) is 12.2 Å². The van der Waals surface area contributed by atoms with Gasteiger partial charge < -0.3 is 0 Å². The van der Waals surface area contributed by atoms with Gasteiger partial charge in [0.15, 0.2) is 0 Å². The van der Waals surface area contributed by atoms with Crippen molar-refractivity contribution in [3.8, 4) is 0 Å².